The van der Waals surface area contributed by atoms with Gasteiger partial charge in [-0.15, -0.1) is 0 Å². The number of methoxy groups -OCH3 is 1. The molecule has 0 radical (unpaired) electrons. The summed E-state index contributed by atoms with van der Waals surface area (Å²) in [5.74, 6) is -0.638. The first-order chi connectivity index (χ1) is 18.4. The molecule has 3 aromatic carbocycles. The van der Waals surface area contributed by atoms with Gasteiger partial charge in [0.15, 0.2) is 5.13 Å². The maximum Gasteiger partial charge on any atom is 0.301 e. The van der Waals surface area contributed by atoms with Gasteiger partial charge in [-0.05, 0) is 60.9 Å². The van der Waals surface area contributed by atoms with E-state index in [1.54, 1.807) is 55.6 Å². The summed E-state index contributed by atoms with van der Waals surface area (Å²) in [5.41, 5.74) is 2.81. The number of rotatable bonds is 8. The highest BCUT2D eigenvalue weighted by Crippen LogP contribution is 2.45. The number of aromatic nitrogens is 1. The lowest BCUT2D eigenvalue weighted by molar-refractivity contribution is -0.132. The number of Topliss-reactive ketones (excluding diaryl/α,β-unsaturated/α-hetero) is 1. The van der Waals surface area contributed by atoms with Crippen molar-refractivity contribution in [3.8, 4) is 11.5 Å². The summed E-state index contributed by atoms with van der Waals surface area (Å²) in [7, 11) is 1.55. The highest BCUT2D eigenvalue weighted by molar-refractivity contribution is 7.22. The predicted molar refractivity (Wildman–Crippen MR) is 149 cm³/mol. The van der Waals surface area contributed by atoms with Gasteiger partial charge in [0.2, 0.25) is 0 Å². The molecule has 5 rings (SSSR count). The van der Waals surface area contributed by atoms with Gasteiger partial charge in [-0.1, -0.05) is 55.0 Å². The van der Waals surface area contributed by atoms with Crippen LogP contribution in [0.1, 0.15) is 42.5 Å². The van der Waals surface area contributed by atoms with Crippen LogP contribution in [0.3, 0.4) is 0 Å². The second kappa shape index (κ2) is 10.7. The number of amides is 1. The summed E-state index contributed by atoms with van der Waals surface area (Å²) in [6, 6.07) is 19.0. The van der Waals surface area contributed by atoms with Crippen molar-refractivity contribution >= 4 is 44.1 Å². The normalized spacial score (nSPS) is 16.8. The van der Waals surface area contributed by atoms with Gasteiger partial charge in [-0.25, -0.2) is 4.98 Å². The van der Waals surface area contributed by atoms with Crippen LogP contribution < -0.4 is 14.4 Å². The number of aliphatic hydroxyl groups is 1. The molecule has 1 unspecified atom stereocenters. The molecule has 1 aliphatic heterocycles. The highest BCUT2D eigenvalue weighted by Gasteiger charge is 2.48. The van der Waals surface area contributed by atoms with Gasteiger partial charge in [-0.3, -0.25) is 14.5 Å². The fraction of sp³-hybridized carbons (Fsp3) is 0.233. The molecule has 194 valence electrons. The molecule has 1 amide bonds. The first-order valence-corrected chi connectivity index (χ1v) is 13.3. The number of carbonyl (C=O) groups is 2. The number of carbonyl (C=O) groups excluding carboxylic acids is 2. The Morgan fingerprint density at radius 3 is 2.63 bits per heavy atom. The minimum Gasteiger partial charge on any atom is -0.507 e. The molecule has 8 heteroatoms. The van der Waals surface area contributed by atoms with E-state index in [9.17, 15) is 14.7 Å². The maximum absolute atomic E-state index is 13.5. The van der Waals surface area contributed by atoms with Gasteiger partial charge in [0.25, 0.3) is 5.78 Å². The number of aliphatic hydroxyl groups excluding tert-OH is 1. The van der Waals surface area contributed by atoms with E-state index in [1.165, 1.54) is 16.2 Å². The van der Waals surface area contributed by atoms with Gasteiger partial charge in [0, 0.05) is 5.56 Å². The molecule has 1 N–H and O–H groups in total. The third-order valence-electron chi connectivity index (χ3n) is 6.47. The van der Waals surface area contributed by atoms with Crippen molar-refractivity contribution in [3.05, 3.63) is 89.0 Å². The number of fused-ring (bicyclic) bond motifs is 1. The number of thiazole rings is 1. The van der Waals surface area contributed by atoms with Crippen molar-refractivity contribution in [3.63, 3.8) is 0 Å². The standard InChI is InChI=1S/C30H28N2O5S/c1-4-5-14-37-22-11-7-9-20(17-22)27(33)25-26(19-8-6-10-21(16-19)36-3)32(29(35)28(25)34)30-31-23-13-12-18(2)15-24(23)38-30/h6-13,15-17,26,33H,4-5,14H2,1-3H3/b27-25+. The Morgan fingerprint density at radius 1 is 1.05 bits per heavy atom. The minimum atomic E-state index is -0.892. The summed E-state index contributed by atoms with van der Waals surface area (Å²) in [4.78, 5) is 33.1. The van der Waals surface area contributed by atoms with E-state index >= 15 is 0 Å². The number of anilines is 1. The third-order valence-corrected chi connectivity index (χ3v) is 7.48. The molecule has 38 heavy (non-hydrogen) atoms. The number of hydrogen-bond donors (Lipinski definition) is 1. The molecular weight excluding hydrogens is 500 g/mol. The van der Waals surface area contributed by atoms with Gasteiger partial charge < -0.3 is 14.6 Å². The van der Waals surface area contributed by atoms with Crippen LogP contribution in [0.25, 0.3) is 16.0 Å². The van der Waals surface area contributed by atoms with Crippen LogP contribution >= 0.6 is 11.3 Å². The van der Waals surface area contributed by atoms with Crippen molar-refractivity contribution < 1.29 is 24.2 Å². The molecule has 2 heterocycles. The van der Waals surface area contributed by atoms with Crippen LogP contribution in [0.15, 0.2) is 72.3 Å². The van der Waals surface area contributed by atoms with E-state index in [1.807, 2.05) is 25.1 Å². The summed E-state index contributed by atoms with van der Waals surface area (Å²) in [6.07, 6.45) is 1.90. The Balaban J connectivity index is 1.66. The summed E-state index contributed by atoms with van der Waals surface area (Å²) in [6.45, 7) is 4.61. The van der Waals surface area contributed by atoms with E-state index < -0.39 is 17.7 Å². The Labute approximate surface area is 225 Å². The third kappa shape index (κ3) is 4.75. The average molecular weight is 529 g/mol. The maximum atomic E-state index is 13.5. The van der Waals surface area contributed by atoms with Crippen LogP contribution in [-0.4, -0.2) is 35.5 Å². The summed E-state index contributed by atoms with van der Waals surface area (Å²) in [5, 5.41) is 11.9. The van der Waals surface area contributed by atoms with Crippen LogP contribution in [0, 0.1) is 6.92 Å². The zero-order valence-corrected chi connectivity index (χ0v) is 22.2. The molecular formula is C30H28N2O5S. The number of hydrogen-bond acceptors (Lipinski definition) is 7. The zero-order valence-electron chi connectivity index (χ0n) is 21.4. The Morgan fingerprint density at radius 2 is 1.84 bits per heavy atom. The highest BCUT2D eigenvalue weighted by atomic mass is 32.1. The van der Waals surface area contributed by atoms with Gasteiger partial charge >= 0.3 is 5.91 Å². The van der Waals surface area contributed by atoms with Crippen molar-refractivity contribution in [2.24, 2.45) is 0 Å². The van der Waals surface area contributed by atoms with E-state index in [0.717, 1.165) is 28.6 Å². The van der Waals surface area contributed by atoms with E-state index in [0.29, 0.717) is 34.4 Å². The van der Waals surface area contributed by atoms with Crippen LogP contribution in [0.2, 0.25) is 0 Å². The first kappa shape index (κ1) is 25.5. The van der Waals surface area contributed by atoms with Crippen molar-refractivity contribution in [1.82, 2.24) is 4.98 Å². The molecule has 1 atom stereocenters. The average Bonchev–Trinajstić information content (AvgIpc) is 3.46. The number of benzene rings is 3. The molecule has 4 aromatic rings. The number of ketones is 1. The number of aryl methyl sites for hydroxylation is 1. The molecule has 1 saturated heterocycles. The molecule has 1 aliphatic rings. The van der Waals surface area contributed by atoms with Gasteiger partial charge in [0.05, 0.1) is 35.5 Å². The fourth-order valence-electron chi connectivity index (χ4n) is 4.50. The van der Waals surface area contributed by atoms with Gasteiger partial charge in [-0.2, -0.15) is 0 Å². The van der Waals surface area contributed by atoms with E-state index in [-0.39, 0.29) is 11.3 Å². The molecule has 7 nitrogen and oxygen atoms in total. The number of nitrogens with zero attached hydrogens (tertiary/aromatic N) is 2. The van der Waals surface area contributed by atoms with E-state index in [4.69, 9.17) is 9.47 Å². The topological polar surface area (TPSA) is 89.0 Å². The van der Waals surface area contributed by atoms with Crippen LogP contribution in [0.4, 0.5) is 5.13 Å². The molecule has 0 bridgehead atoms. The first-order valence-electron chi connectivity index (χ1n) is 12.5. The second-order valence-corrected chi connectivity index (χ2v) is 10.2. The lowest BCUT2D eigenvalue weighted by Gasteiger charge is -2.23. The second-order valence-electron chi connectivity index (χ2n) is 9.14. The van der Waals surface area contributed by atoms with Crippen LogP contribution in [-0.2, 0) is 9.59 Å². The Hall–Kier alpha value is -4.17. The van der Waals surface area contributed by atoms with Crippen molar-refractivity contribution in [2.75, 3.05) is 18.6 Å². The quantitative estimate of drug-likeness (QED) is 0.123. The van der Waals surface area contributed by atoms with Crippen molar-refractivity contribution in [1.29, 1.82) is 0 Å². The monoisotopic (exact) mass is 528 g/mol. The van der Waals surface area contributed by atoms with E-state index in [2.05, 4.69) is 11.9 Å². The SMILES string of the molecule is CCCCOc1cccc(/C(O)=C2\C(=O)C(=O)N(c3nc4ccc(C)cc4s3)C2c2cccc(OC)c2)c1. The number of unbranched alkanes of at least 4 members (excludes halogenated alkanes) is 1. The lowest BCUT2D eigenvalue weighted by atomic mass is 9.95. The Kier molecular flexibility index (Phi) is 7.15. The minimum absolute atomic E-state index is 0.00982. The van der Waals surface area contributed by atoms with Gasteiger partial charge in [0.1, 0.15) is 17.3 Å². The van der Waals surface area contributed by atoms with Crippen LogP contribution in [0.5, 0.6) is 11.5 Å². The largest absolute Gasteiger partial charge is 0.507 e. The predicted octanol–water partition coefficient (Wildman–Crippen LogP) is 6.42. The van der Waals surface area contributed by atoms with Crippen molar-refractivity contribution in [2.45, 2.75) is 32.7 Å². The molecule has 0 saturated carbocycles. The molecule has 1 aromatic heterocycles. The Bertz CT molecular complexity index is 1560. The number of ether oxygens (including phenoxy) is 2. The zero-order chi connectivity index (χ0) is 26.8. The lowest BCUT2D eigenvalue weighted by Crippen LogP contribution is -2.29. The molecule has 0 spiro atoms. The molecule has 0 aliphatic carbocycles. The summed E-state index contributed by atoms with van der Waals surface area (Å²) >= 11 is 1.33. The molecule has 1 fully saturated rings. The summed E-state index contributed by atoms with van der Waals surface area (Å²) < 4.78 is 12.1. The fourth-order valence-corrected chi connectivity index (χ4v) is 5.59. The smallest absolute Gasteiger partial charge is 0.301 e.